The highest BCUT2D eigenvalue weighted by Gasteiger charge is 2.26. The van der Waals surface area contributed by atoms with Crippen molar-refractivity contribution in [3.05, 3.63) is 66.0 Å². The number of nitrogens with zero attached hydrogens (tertiary/aromatic N) is 1. The Morgan fingerprint density at radius 3 is 2.46 bits per heavy atom. The van der Waals surface area contributed by atoms with Crippen LogP contribution in [0.15, 0.2) is 54.6 Å². The number of rotatable bonds is 10. The van der Waals surface area contributed by atoms with Crippen LogP contribution in [0.1, 0.15) is 32.3 Å². The summed E-state index contributed by atoms with van der Waals surface area (Å²) in [6.07, 6.45) is 1.85. The second-order valence-corrected chi connectivity index (χ2v) is 6.55. The zero-order valence-corrected chi connectivity index (χ0v) is 16.4. The summed E-state index contributed by atoms with van der Waals surface area (Å²) in [5.74, 6) is -1.13. The Kier molecular flexibility index (Phi) is 8.46. The minimum Gasteiger partial charge on any atom is -0.481 e. The molecule has 150 valence electrons. The average molecular weight is 386 g/mol. The van der Waals surface area contributed by atoms with Gasteiger partial charge in [0.25, 0.3) is 5.91 Å². The van der Waals surface area contributed by atoms with Gasteiger partial charge in [0.2, 0.25) is 5.91 Å². The van der Waals surface area contributed by atoms with Crippen LogP contribution in [0, 0.1) is 5.82 Å². The van der Waals surface area contributed by atoms with E-state index in [1.54, 1.807) is 19.1 Å². The van der Waals surface area contributed by atoms with Gasteiger partial charge < -0.3 is 15.0 Å². The summed E-state index contributed by atoms with van der Waals surface area (Å²) >= 11 is 0. The third-order valence-corrected chi connectivity index (χ3v) is 4.38. The van der Waals surface area contributed by atoms with E-state index >= 15 is 0 Å². The first-order valence-electron chi connectivity index (χ1n) is 9.51. The highest BCUT2D eigenvalue weighted by Crippen LogP contribution is 2.16. The summed E-state index contributed by atoms with van der Waals surface area (Å²) < 4.78 is 19.1. The van der Waals surface area contributed by atoms with Crippen molar-refractivity contribution < 1.29 is 18.7 Å². The summed E-state index contributed by atoms with van der Waals surface area (Å²) in [6.45, 7) is 4.22. The average Bonchev–Trinajstić information content (AvgIpc) is 2.71. The predicted molar refractivity (Wildman–Crippen MR) is 106 cm³/mol. The fourth-order valence-corrected chi connectivity index (χ4v) is 2.68. The third-order valence-electron chi connectivity index (χ3n) is 4.38. The fourth-order valence-electron chi connectivity index (χ4n) is 2.68. The zero-order valence-electron chi connectivity index (χ0n) is 16.4. The fraction of sp³-hybridized carbons (Fsp3) is 0.364. The molecule has 0 saturated carbocycles. The van der Waals surface area contributed by atoms with E-state index in [2.05, 4.69) is 5.32 Å². The van der Waals surface area contributed by atoms with Gasteiger partial charge in [-0.05, 0) is 31.0 Å². The molecule has 28 heavy (non-hydrogen) atoms. The van der Waals surface area contributed by atoms with Gasteiger partial charge in [-0.3, -0.25) is 9.59 Å². The SMILES string of the molecule is CCCCNC(=O)C(C)N(Cc1ccccc1)C(=O)COc1ccccc1F. The van der Waals surface area contributed by atoms with Crippen LogP contribution in [0.25, 0.3) is 0 Å². The maximum Gasteiger partial charge on any atom is 0.261 e. The van der Waals surface area contributed by atoms with Crippen molar-refractivity contribution in [1.29, 1.82) is 0 Å². The number of carbonyl (C=O) groups excluding carboxylic acids is 2. The van der Waals surface area contributed by atoms with Crippen molar-refractivity contribution in [2.75, 3.05) is 13.2 Å². The summed E-state index contributed by atoms with van der Waals surface area (Å²) in [4.78, 5) is 26.7. The van der Waals surface area contributed by atoms with Crippen molar-refractivity contribution in [1.82, 2.24) is 10.2 Å². The molecule has 0 bridgehead atoms. The smallest absolute Gasteiger partial charge is 0.261 e. The molecule has 0 aliphatic heterocycles. The van der Waals surface area contributed by atoms with Gasteiger partial charge in [-0.25, -0.2) is 4.39 Å². The van der Waals surface area contributed by atoms with Gasteiger partial charge in [-0.1, -0.05) is 55.8 Å². The van der Waals surface area contributed by atoms with Gasteiger partial charge in [0.15, 0.2) is 18.2 Å². The molecule has 0 fully saturated rings. The number of carbonyl (C=O) groups is 2. The van der Waals surface area contributed by atoms with Crippen LogP contribution in [0.5, 0.6) is 5.75 Å². The molecule has 5 nitrogen and oxygen atoms in total. The standard InChI is InChI=1S/C22H27FN2O3/c1-3-4-14-24-22(27)17(2)25(15-18-10-6-5-7-11-18)21(26)16-28-20-13-9-8-12-19(20)23/h5-13,17H,3-4,14-16H2,1-2H3,(H,24,27). The Labute approximate surface area is 165 Å². The molecule has 0 radical (unpaired) electrons. The van der Waals surface area contributed by atoms with Crippen LogP contribution in [0.2, 0.25) is 0 Å². The summed E-state index contributed by atoms with van der Waals surface area (Å²) in [5.41, 5.74) is 0.898. The molecule has 0 heterocycles. The number of hydrogen-bond donors (Lipinski definition) is 1. The van der Waals surface area contributed by atoms with Gasteiger partial charge >= 0.3 is 0 Å². The van der Waals surface area contributed by atoms with E-state index < -0.39 is 11.9 Å². The van der Waals surface area contributed by atoms with Gasteiger partial charge in [-0.15, -0.1) is 0 Å². The lowest BCUT2D eigenvalue weighted by atomic mass is 10.1. The van der Waals surface area contributed by atoms with Crippen molar-refractivity contribution in [3.63, 3.8) is 0 Å². The first kappa shape index (κ1) is 21.4. The number of para-hydroxylation sites is 1. The van der Waals surface area contributed by atoms with Gasteiger partial charge in [0.1, 0.15) is 6.04 Å². The molecule has 2 amide bonds. The van der Waals surface area contributed by atoms with Crippen LogP contribution < -0.4 is 10.1 Å². The number of benzene rings is 2. The number of amides is 2. The van der Waals surface area contributed by atoms with Gasteiger partial charge in [0.05, 0.1) is 0 Å². The number of nitrogens with one attached hydrogen (secondary N) is 1. The van der Waals surface area contributed by atoms with E-state index in [4.69, 9.17) is 4.74 Å². The molecule has 2 aromatic rings. The van der Waals surface area contributed by atoms with Crippen molar-refractivity contribution in [2.24, 2.45) is 0 Å². The molecular formula is C22H27FN2O3. The molecule has 0 spiro atoms. The van der Waals surface area contributed by atoms with E-state index in [9.17, 15) is 14.0 Å². The monoisotopic (exact) mass is 386 g/mol. The minimum atomic E-state index is -0.672. The zero-order chi connectivity index (χ0) is 20.4. The highest BCUT2D eigenvalue weighted by atomic mass is 19.1. The van der Waals surface area contributed by atoms with Crippen molar-refractivity contribution in [3.8, 4) is 5.75 Å². The van der Waals surface area contributed by atoms with Crippen LogP contribution in [0.4, 0.5) is 4.39 Å². The number of unbranched alkanes of at least 4 members (excludes halogenated alkanes) is 1. The van der Waals surface area contributed by atoms with E-state index in [-0.39, 0.29) is 30.7 Å². The Morgan fingerprint density at radius 1 is 1.11 bits per heavy atom. The second-order valence-electron chi connectivity index (χ2n) is 6.55. The van der Waals surface area contributed by atoms with E-state index in [1.807, 2.05) is 37.3 Å². The van der Waals surface area contributed by atoms with Crippen molar-refractivity contribution in [2.45, 2.75) is 39.3 Å². The molecule has 1 N–H and O–H groups in total. The number of hydrogen-bond acceptors (Lipinski definition) is 3. The van der Waals surface area contributed by atoms with Crippen LogP contribution in [-0.2, 0) is 16.1 Å². The molecule has 0 saturated heterocycles. The van der Waals surface area contributed by atoms with Crippen LogP contribution in [0.3, 0.4) is 0 Å². The Bertz CT molecular complexity index is 767. The molecule has 0 aromatic heterocycles. The quantitative estimate of drug-likeness (QED) is 0.636. The lowest BCUT2D eigenvalue weighted by Crippen LogP contribution is -2.49. The van der Waals surface area contributed by atoms with Crippen molar-refractivity contribution >= 4 is 11.8 Å². The maximum atomic E-state index is 13.7. The van der Waals surface area contributed by atoms with E-state index in [0.717, 1.165) is 18.4 Å². The Hall–Kier alpha value is -2.89. The third kappa shape index (κ3) is 6.37. The molecule has 1 atom stereocenters. The normalized spacial score (nSPS) is 11.5. The molecular weight excluding hydrogens is 359 g/mol. The lowest BCUT2D eigenvalue weighted by Gasteiger charge is -2.28. The lowest BCUT2D eigenvalue weighted by molar-refractivity contribution is -0.142. The molecule has 2 aromatic carbocycles. The summed E-state index contributed by atoms with van der Waals surface area (Å²) in [6, 6.07) is 14.7. The predicted octanol–water partition coefficient (Wildman–Crippen LogP) is 3.54. The molecule has 0 aliphatic rings. The molecule has 6 heteroatoms. The van der Waals surface area contributed by atoms with Crippen LogP contribution in [-0.4, -0.2) is 35.9 Å². The topological polar surface area (TPSA) is 58.6 Å². The number of halogens is 1. The van der Waals surface area contributed by atoms with E-state index in [0.29, 0.717) is 6.54 Å². The second kappa shape index (κ2) is 11.1. The van der Waals surface area contributed by atoms with Gasteiger partial charge in [-0.2, -0.15) is 0 Å². The first-order chi connectivity index (χ1) is 13.5. The molecule has 2 rings (SSSR count). The minimum absolute atomic E-state index is 0.00978. The summed E-state index contributed by atoms with van der Waals surface area (Å²) in [5, 5.41) is 2.85. The highest BCUT2D eigenvalue weighted by molar-refractivity contribution is 5.87. The van der Waals surface area contributed by atoms with Crippen LogP contribution >= 0.6 is 0 Å². The Morgan fingerprint density at radius 2 is 1.79 bits per heavy atom. The van der Waals surface area contributed by atoms with Gasteiger partial charge in [0, 0.05) is 13.1 Å². The largest absolute Gasteiger partial charge is 0.481 e. The van der Waals surface area contributed by atoms with E-state index in [1.165, 1.54) is 17.0 Å². The summed E-state index contributed by atoms with van der Waals surface area (Å²) in [7, 11) is 0. The Balaban J connectivity index is 2.08. The maximum absolute atomic E-state index is 13.7. The molecule has 0 aliphatic carbocycles. The molecule has 1 unspecified atom stereocenters. The first-order valence-corrected chi connectivity index (χ1v) is 9.51. The number of ether oxygens (including phenoxy) is 1.